The summed E-state index contributed by atoms with van der Waals surface area (Å²) < 4.78 is 7.50. The molecule has 2 heterocycles. The zero-order valence-corrected chi connectivity index (χ0v) is 17.3. The van der Waals surface area contributed by atoms with Gasteiger partial charge in [0.2, 0.25) is 0 Å². The van der Waals surface area contributed by atoms with Crippen LogP contribution in [0.15, 0.2) is 45.4 Å². The monoisotopic (exact) mass is 416 g/mol. The standard InChI is InChI=1S/C21H17ClO3S2/c1-11-5-12(2)7-14(6-11)25-9-17(23)16-10-26-21-19(16)20(24)15-4-3-13(22)8-18(15)27-21/h3-8,16H,9-10H2,1-2H3. The Morgan fingerprint density at radius 2 is 1.93 bits per heavy atom. The highest BCUT2D eigenvalue weighted by Crippen LogP contribution is 2.43. The quantitative estimate of drug-likeness (QED) is 0.573. The summed E-state index contributed by atoms with van der Waals surface area (Å²) in [6.45, 7) is 3.96. The lowest BCUT2D eigenvalue weighted by Crippen LogP contribution is -2.24. The van der Waals surface area contributed by atoms with Crippen LogP contribution in [0.4, 0.5) is 0 Å². The first-order valence-corrected chi connectivity index (χ1v) is 10.7. The lowest BCUT2D eigenvalue weighted by molar-refractivity contribution is -0.122. The average molecular weight is 417 g/mol. The molecule has 0 bridgehead atoms. The number of hydrogen-bond acceptors (Lipinski definition) is 5. The number of hydrogen-bond donors (Lipinski definition) is 0. The van der Waals surface area contributed by atoms with Gasteiger partial charge >= 0.3 is 0 Å². The van der Waals surface area contributed by atoms with Gasteiger partial charge in [0, 0.05) is 26.4 Å². The number of rotatable bonds is 4. The number of fused-ring (bicyclic) bond motifs is 2. The van der Waals surface area contributed by atoms with Gasteiger partial charge in [-0.15, -0.1) is 23.1 Å². The van der Waals surface area contributed by atoms with E-state index in [0.29, 0.717) is 27.5 Å². The van der Waals surface area contributed by atoms with Crippen LogP contribution in [-0.4, -0.2) is 18.1 Å². The molecule has 1 aliphatic rings. The summed E-state index contributed by atoms with van der Waals surface area (Å²) in [5.74, 6) is 0.794. The summed E-state index contributed by atoms with van der Waals surface area (Å²) in [7, 11) is 0. The number of carbonyl (C=O) groups is 1. The number of halogens is 1. The van der Waals surface area contributed by atoms with Crippen molar-refractivity contribution in [2.75, 3.05) is 12.4 Å². The number of thioether (sulfide) groups is 1. The van der Waals surface area contributed by atoms with Crippen molar-refractivity contribution >= 4 is 50.6 Å². The van der Waals surface area contributed by atoms with Crippen LogP contribution >= 0.6 is 34.7 Å². The fourth-order valence-corrected chi connectivity index (χ4v) is 6.34. The van der Waals surface area contributed by atoms with E-state index in [1.807, 2.05) is 32.0 Å². The number of ketones is 1. The molecule has 1 atom stereocenters. The van der Waals surface area contributed by atoms with Crippen LogP contribution < -0.4 is 10.2 Å². The van der Waals surface area contributed by atoms with Gasteiger partial charge in [-0.25, -0.2) is 0 Å². The third kappa shape index (κ3) is 3.64. The Kier molecular flexibility index (Phi) is 5.01. The van der Waals surface area contributed by atoms with E-state index in [0.717, 1.165) is 20.0 Å². The topological polar surface area (TPSA) is 43.4 Å². The van der Waals surface area contributed by atoms with Crippen LogP contribution in [0.2, 0.25) is 5.02 Å². The molecule has 3 nitrogen and oxygen atoms in total. The third-order valence-corrected chi connectivity index (χ3v) is 7.33. The summed E-state index contributed by atoms with van der Waals surface area (Å²) in [5.41, 5.74) is 2.74. The molecule has 27 heavy (non-hydrogen) atoms. The molecule has 1 unspecified atom stereocenters. The fourth-order valence-electron chi connectivity index (χ4n) is 3.34. The highest BCUT2D eigenvalue weighted by atomic mass is 35.5. The first-order chi connectivity index (χ1) is 12.9. The van der Waals surface area contributed by atoms with Gasteiger partial charge in [0.15, 0.2) is 11.2 Å². The molecule has 1 aliphatic heterocycles. The van der Waals surface area contributed by atoms with Crippen molar-refractivity contribution in [1.82, 2.24) is 0 Å². The highest BCUT2D eigenvalue weighted by molar-refractivity contribution is 8.01. The fraction of sp³-hybridized carbons (Fsp3) is 0.238. The van der Waals surface area contributed by atoms with Crippen LogP contribution in [0.5, 0.6) is 5.75 Å². The van der Waals surface area contributed by atoms with Crippen LogP contribution in [-0.2, 0) is 4.79 Å². The van der Waals surface area contributed by atoms with Crippen molar-refractivity contribution in [3.63, 3.8) is 0 Å². The maximum atomic E-state index is 13.0. The van der Waals surface area contributed by atoms with Gasteiger partial charge in [0.05, 0.1) is 10.1 Å². The van der Waals surface area contributed by atoms with Crippen LogP contribution in [0.3, 0.4) is 0 Å². The van der Waals surface area contributed by atoms with E-state index in [4.69, 9.17) is 16.3 Å². The number of aryl methyl sites for hydroxylation is 2. The SMILES string of the molecule is Cc1cc(C)cc(OCC(=O)C2CSc3sc4cc(Cl)ccc4c(=O)c32)c1. The largest absolute Gasteiger partial charge is 0.486 e. The van der Waals surface area contributed by atoms with Crippen molar-refractivity contribution in [2.45, 2.75) is 24.0 Å². The maximum absolute atomic E-state index is 13.0. The van der Waals surface area contributed by atoms with Crippen LogP contribution in [0.1, 0.15) is 22.6 Å². The zero-order chi connectivity index (χ0) is 19.1. The van der Waals surface area contributed by atoms with E-state index in [2.05, 4.69) is 6.07 Å². The Balaban J connectivity index is 1.61. The molecule has 138 valence electrons. The first kappa shape index (κ1) is 18.5. The third-order valence-electron chi connectivity index (χ3n) is 4.55. The second-order valence-corrected chi connectivity index (χ2v) is 9.49. The van der Waals surface area contributed by atoms with Gasteiger partial charge in [0.25, 0.3) is 0 Å². The average Bonchev–Trinajstić information content (AvgIpc) is 3.03. The second-order valence-electron chi connectivity index (χ2n) is 6.71. The minimum atomic E-state index is -0.417. The maximum Gasteiger partial charge on any atom is 0.193 e. The Bertz CT molecular complexity index is 1100. The molecule has 4 rings (SSSR count). The highest BCUT2D eigenvalue weighted by Gasteiger charge is 2.33. The van der Waals surface area contributed by atoms with Gasteiger partial charge in [0.1, 0.15) is 12.4 Å². The van der Waals surface area contributed by atoms with Crippen LogP contribution in [0.25, 0.3) is 10.1 Å². The molecule has 0 N–H and O–H groups in total. The van der Waals surface area contributed by atoms with Crippen molar-refractivity contribution in [1.29, 1.82) is 0 Å². The van der Waals surface area contributed by atoms with Gasteiger partial charge in [-0.1, -0.05) is 17.7 Å². The second kappa shape index (κ2) is 7.30. The predicted molar refractivity (Wildman–Crippen MR) is 113 cm³/mol. The van der Waals surface area contributed by atoms with Gasteiger partial charge in [-0.2, -0.15) is 0 Å². The molecule has 0 spiro atoms. The molecule has 1 aromatic heterocycles. The molecule has 0 saturated heterocycles. The molecule has 0 saturated carbocycles. The summed E-state index contributed by atoms with van der Waals surface area (Å²) in [4.78, 5) is 25.8. The number of ether oxygens (including phenoxy) is 1. The van der Waals surface area contributed by atoms with Gasteiger partial charge in [-0.3, -0.25) is 9.59 Å². The van der Waals surface area contributed by atoms with Crippen molar-refractivity contribution in [3.05, 3.63) is 68.3 Å². The molecule has 0 fully saturated rings. The van der Waals surface area contributed by atoms with E-state index in [1.54, 1.807) is 23.9 Å². The molecular formula is C21H17ClO3S2. The number of benzene rings is 2. The van der Waals surface area contributed by atoms with Crippen molar-refractivity contribution in [2.24, 2.45) is 0 Å². The Labute approximate surface area is 170 Å². The Morgan fingerprint density at radius 3 is 2.67 bits per heavy atom. The minimum absolute atomic E-state index is 0.0314. The molecule has 0 radical (unpaired) electrons. The van der Waals surface area contributed by atoms with Gasteiger partial charge in [-0.05, 0) is 55.3 Å². The molecular weight excluding hydrogens is 400 g/mol. The molecule has 6 heteroatoms. The Hall–Kier alpha value is -1.82. The summed E-state index contributed by atoms with van der Waals surface area (Å²) in [6.07, 6.45) is 0. The van der Waals surface area contributed by atoms with Crippen LogP contribution in [0, 0.1) is 13.8 Å². The lowest BCUT2D eigenvalue weighted by atomic mass is 9.98. The van der Waals surface area contributed by atoms with E-state index in [9.17, 15) is 9.59 Å². The molecule has 3 aromatic rings. The predicted octanol–water partition coefficient (Wildman–Crippen LogP) is 5.37. The number of Topliss-reactive ketones (excluding diaryl/α,β-unsaturated/α-hetero) is 1. The summed E-state index contributed by atoms with van der Waals surface area (Å²) >= 11 is 9.14. The summed E-state index contributed by atoms with van der Waals surface area (Å²) in [5, 5.41) is 1.23. The van der Waals surface area contributed by atoms with E-state index >= 15 is 0 Å². The molecule has 0 aliphatic carbocycles. The smallest absolute Gasteiger partial charge is 0.193 e. The van der Waals surface area contributed by atoms with E-state index in [1.165, 1.54) is 11.3 Å². The number of carbonyl (C=O) groups excluding carboxylic acids is 1. The zero-order valence-electron chi connectivity index (χ0n) is 14.9. The van der Waals surface area contributed by atoms with Crippen molar-refractivity contribution in [3.8, 4) is 5.75 Å². The lowest BCUT2D eigenvalue weighted by Gasteiger charge is -2.12. The van der Waals surface area contributed by atoms with Crippen molar-refractivity contribution < 1.29 is 9.53 Å². The van der Waals surface area contributed by atoms with E-state index < -0.39 is 5.92 Å². The molecule has 2 aromatic carbocycles. The van der Waals surface area contributed by atoms with Gasteiger partial charge < -0.3 is 4.74 Å². The normalized spacial score (nSPS) is 15.7. The summed E-state index contributed by atoms with van der Waals surface area (Å²) in [6, 6.07) is 11.1. The Morgan fingerprint density at radius 1 is 1.19 bits per heavy atom. The molecule has 0 amide bonds. The van der Waals surface area contributed by atoms with E-state index in [-0.39, 0.29) is 17.8 Å². The first-order valence-electron chi connectivity index (χ1n) is 8.55. The minimum Gasteiger partial charge on any atom is -0.486 e.